The lowest BCUT2D eigenvalue weighted by Gasteiger charge is -2.11. The molecule has 104 valence electrons. The third-order valence-electron chi connectivity index (χ3n) is 2.67. The lowest BCUT2D eigenvalue weighted by atomic mass is 10.1. The van der Waals surface area contributed by atoms with Crippen LogP contribution < -0.4 is 15.8 Å². The Kier molecular flexibility index (Phi) is 4.24. The maximum absolute atomic E-state index is 13.7. The van der Waals surface area contributed by atoms with E-state index in [1.807, 2.05) is 0 Å². The molecule has 0 saturated carbocycles. The fourth-order valence-corrected chi connectivity index (χ4v) is 2.14. The summed E-state index contributed by atoms with van der Waals surface area (Å²) in [4.78, 5) is 12.2. The first-order chi connectivity index (χ1) is 9.52. The summed E-state index contributed by atoms with van der Waals surface area (Å²) in [7, 11) is 1.45. The van der Waals surface area contributed by atoms with Crippen molar-refractivity contribution in [2.75, 3.05) is 18.2 Å². The molecule has 20 heavy (non-hydrogen) atoms. The molecule has 0 fully saturated rings. The SMILES string of the molecule is COc1ccc(N)cc1C(=O)Nc1c(F)cccc1Br. The van der Waals surface area contributed by atoms with Crippen molar-refractivity contribution in [3.8, 4) is 5.75 Å². The average Bonchev–Trinajstić information content (AvgIpc) is 2.43. The Morgan fingerprint density at radius 3 is 2.75 bits per heavy atom. The number of ether oxygens (including phenoxy) is 1. The van der Waals surface area contributed by atoms with E-state index in [9.17, 15) is 9.18 Å². The Hall–Kier alpha value is -2.08. The molecule has 0 aliphatic heterocycles. The second-order valence-corrected chi connectivity index (χ2v) is 4.86. The number of amides is 1. The number of hydrogen-bond donors (Lipinski definition) is 2. The zero-order chi connectivity index (χ0) is 14.7. The van der Waals surface area contributed by atoms with Crippen molar-refractivity contribution in [3.05, 3.63) is 52.3 Å². The standard InChI is InChI=1S/C14H12BrFN2O2/c1-20-12-6-5-8(17)7-9(12)14(19)18-13-10(15)3-2-4-11(13)16/h2-7H,17H2,1H3,(H,18,19). The third kappa shape index (κ3) is 2.91. The molecule has 0 aromatic heterocycles. The minimum Gasteiger partial charge on any atom is -0.496 e. The molecular weight excluding hydrogens is 327 g/mol. The number of carbonyl (C=O) groups is 1. The van der Waals surface area contributed by atoms with Gasteiger partial charge in [0.2, 0.25) is 0 Å². The van der Waals surface area contributed by atoms with Crippen molar-refractivity contribution in [3.63, 3.8) is 0 Å². The maximum atomic E-state index is 13.7. The third-order valence-corrected chi connectivity index (χ3v) is 3.33. The molecule has 0 spiro atoms. The topological polar surface area (TPSA) is 64.3 Å². The van der Waals surface area contributed by atoms with Crippen molar-refractivity contribution in [1.82, 2.24) is 0 Å². The number of halogens is 2. The van der Waals surface area contributed by atoms with Crippen molar-refractivity contribution in [2.24, 2.45) is 0 Å². The highest BCUT2D eigenvalue weighted by molar-refractivity contribution is 9.10. The highest BCUT2D eigenvalue weighted by atomic mass is 79.9. The molecular formula is C14H12BrFN2O2. The van der Waals surface area contributed by atoms with Crippen molar-refractivity contribution >= 4 is 33.2 Å². The first-order valence-corrected chi connectivity index (χ1v) is 6.51. The van der Waals surface area contributed by atoms with Crippen LogP contribution in [0.25, 0.3) is 0 Å². The Bertz CT molecular complexity index is 641. The number of carbonyl (C=O) groups excluding carboxylic acids is 1. The van der Waals surface area contributed by atoms with Gasteiger partial charge in [-0.1, -0.05) is 6.07 Å². The van der Waals surface area contributed by atoms with Gasteiger partial charge in [0.1, 0.15) is 11.6 Å². The molecule has 4 nitrogen and oxygen atoms in total. The lowest BCUT2D eigenvalue weighted by molar-refractivity contribution is 0.102. The molecule has 1 amide bonds. The van der Waals surface area contributed by atoms with E-state index in [0.717, 1.165) is 0 Å². The van der Waals surface area contributed by atoms with Crippen LogP contribution in [0.2, 0.25) is 0 Å². The predicted octanol–water partition coefficient (Wildman–Crippen LogP) is 3.43. The number of nitrogen functional groups attached to an aromatic ring is 1. The Morgan fingerprint density at radius 2 is 2.10 bits per heavy atom. The number of anilines is 2. The normalized spacial score (nSPS) is 10.2. The second-order valence-electron chi connectivity index (χ2n) is 4.01. The smallest absolute Gasteiger partial charge is 0.259 e. The second kappa shape index (κ2) is 5.92. The van der Waals surface area contributed by atoms with Gasteiger partial charge in [0.25, 0.3) is 5.91 Å². The zero-order valence-electron chi connectivity index (χ0n) is 10.6. The van der Waals surface area contributed by atoms with Crippen molar-refractivity contribution in [1.29, 1.82) is 0 Å². The Labute approximate surface area is 123 Å². The van der Waals surface area contributed by atoms with Crippen LogP contribution in [0.1, 0.15) is 10.4 Å². The first kappa shape index (κ1) is 14.3. The summed E-state index contributed by atoms with van der Waals surface area (Å²) in [6, 6.07) is 9.11. The molecule has 2 aromatic carbocycles. The van der Waals surface area contributed by atoms with Crippen molar-refractivity contribution in [2.45, 2.75) is 0 Å². The van der Waals surface area contributed by atoms with E-state index in [2.05, 4.69) is 21.2 Å². The van der Waals surface area contributed by atoms with Gasteiger partial charge in [-0.2, -0.15) is 0 Å². The average molecular weight is 339 g/mol. The van der Waals surface area contributed by atoms with E-state index in [0.29, 0.717) is 15.9 Å². The van der Waals surface area contributed by atoms with Crippen LogP contribution in [-0.4, -0.2) is 13.0 Å². The van der Waals surface area contributed by atoms with Gasteiger partial charge < -0.3 is 15.8 Å². The van der Waals surface area contributed by atoms with Gasteiger partial charge in [-0.15, -0.1) is 0 Å². The van der Waals surface area contributed by atoms with E-state index in [4.69, 9.17) is 10.5 Å². The zero-order valence-corrected chi connectivity index (χ0v) is 12.2. The highest BCUT2D eigenvalue weighted by Crippen LogP contribution is 2.27. The summed E-state index contributed by atoms with van der Waals surface area (Å²) in [5, 5.41) is 2.50. The van der Waals surface area contributed by atoms with Crippen LogP contribution in [0.5, 0.6) is 5.75 Å². The van der Waals surface area contributed by atoms with Crippen LogP contribution in [0.15, 0.2) is 40.9 Å². The first-order valence-electron chi connectivity index (χ1n) is 5.72. The molecule has 0 saturated heterocycles. The number of nitrogens with one attached hydrogen (secondary N) is 1. The van der Waals surface area contributed by atoms with Gasteiger partial charge in [0.15, 0.2) is 0 Å². The van der Waals surface area contributed by atoms with Gasteiger partial charge in [-0.05, 0) is 46.3 Å². The molecule has 0 radical (unpaired) electrons. The lowest BCUT2D eigenvalue weighted by Crippen LogP contribution is -2.15. The molecule has 0 aliphatic carbocycles. The van der Waals surface area contributed by atoms with Gasteiger partial charge in [0.05, 0.1) is 18.4 Å². The number of hydrogen-bond acceptors (Lipinski definition) is 3. The van der Waals surface area contributed by atoms with E-state index < -0.39 is 11.7 Å². The number of nitrogens with two attached hydrogens (primary N) is 1. The van der Waals surface area contributed by atoms with Crippen LogP contribution in [0, 0.1) is 5.82 Å². The van der Waals surface area contributed by atoms with Crippen LogP contribution >= 0.6 is 15.9 Å². The fraction of sp³-hybridized carbons (Fsp3) is 0.0714. The summed E-state index contributed by atoms with van der Waals surface area (Å²) in [5.41, 5.74) is 6.38. The van der Waals surface area contributed by atoms with E-state index >= 15 is 0 Å². The molecule has 0 atom stereocenters. The number of para-hydroxylation sites is 1. The molecule has 0 unspecified atom stereocenters. The van der Waals surface area contributed by atoms with Crippen molar-refractivity contribution < 1.29 is 13.9 Å². The molecule has 3 N–H and O–H groups in total. The van der Waals surface area contributed by atoms with Crippen LogP contribution in [0.3, 0.4) is 0 Å². The minimum absolute atomic E-state index is 0.0713. The number of methoxy groups -OCH3 is 1. The molecule has 2 aromatic rings. The molecule has 0 heterocycles. The summed E-state index contributed by atoms with van der Waals surface area (Å²) in [6.07, 6.45) is 0. The summed E-state index contributed by atoms with van der Waals surface area (Å²) in [6.45, 7) is 0. The number of rotatable bonds is 3. The highest BCUT2D eigenvalue weighted by Gasteiger charge is 2.16. The maximum Gasteiger partial charge on any atom is 0.259 e. The predicted molar refractivity (Wildman–Crippen MR) is 79.5 cm³/mol. The number of benzene rings is 2. The van der Waals surface area contributed by atoms with Gasteiger partial charge in [-0.25, -0.2) is 4.39 Å². The minimum atomic E-state index is -0.532. The monoisotopic (exact) mass is 338 g/mol. The van der Waals surface area contributed by atoms with Crippen LogP contribution in [-0.2, 0) is 0 Å². The summed E-state index contributed by atoms with van der Waals surface area (Å²) < 4.78 is 19.2. The van der Waals surface area contributed by atoms with E-state index in [1.54, 1.807) is 18.2 Å². The summed E-state index contributed by atoms with van der Waals surface area (Å²) >= 11 is 3.19. The fourth-order valence-electron chi connectivity index (χ4n) is 1.70. The van der Waals surface area contributed by atoms with Gasteiger partial charge in [-0.3, -0.25) is 4.79 Å². The van der Waals surface area contributed by atoms with E-state index in [-0.39, 0.29) is 11.3 Å². The molecule has 2 rings (SSSR count). The van der Waals surface area contributed by atoms with Crippen LogP contribution in [0.4, 0.5) is 15.8 Å². The quantitative estimate of drug-likeness (QED) is 0.842. The van der Waals surface area contributed by atoms with E-state index in [1.165, 1.54) is 25.3 Å². The summed E-state index contributed by atoms with van der Waals surface area (Å²) in [5.74, 6) is -0.667. The largest absolute Gasteiger partial charge is 0.496 e. The molecule has 0 aliphatic rings. The van der Waals surface area contributed by atoms with Gasteiger partial charge in [0, 0.05) is 10.2 Å². The Balaban J connectivity index is 2.35. The molecule has 0 bridgehead atoms. The van der Waals surface area contributed by atoms with Gasteiger partial charge >= 0.3 is 0 Å². The molecule has 6 heteroatoms. The Morgan fingerprint density at radius 1 is 1.35 bits per heavy atom.